The first kappa shape index (κ1) is 15.8. The maximum atomic E-state index is 12.4. The predicted molar refractivity (Wildman–Crippen MR) is 82.6 cm³/mol. The Morgan fingerprint density at radius 1 is 1.04 bits per heavy atom. The van der Waals surface area contributed by atoms with Crippen molar-refractivity contribution in [3.8, 4) is 0 Å². The summed E-state index contributed by atoms with van der Waals surface area (Å²) in [7, 11) is -4.39. The van der Waals surface area contributed by atoms with E-state index in [-0.39, 0.29) is 27.7 Å². The van der Waals surface area contributed by atoms with Gasteiger partial charge in [-0.1, -0.05) is 23.7 Å². The number of carbonyl (C=O) groups is 2. The molecule has 0 unspecified atom stereocenters. The molecule has 2 aromatic rings. The molecule has 0 atom stereocenters. The number of anilines is 1. The first-order chi connectivity index (χ1) is 10.8. The van der Waals surface area contributed by atoms with E-state index < -0.39 is 25.6 Å². The molecule has 0 radical (unpaired) electrons. The van der Waals surface area contributed by atoms with Crippen LogP contribution in [-0.2, 0) is 10.7 Å². The molecule has 1 aromatic carbocycles. The molecule has 0 saturated heterocycles. The van der Waals surface area contributed by atoms with E-state index in [2.05, 4.69) is 4.98 Å². The topological polar surface area (TPSA) is 108 Å². The molecule has 0 aliphatic carbocycles. The average molecular weight is 353 g/mol. The second-order valence-electron chi connectivity index (χ2n) is 4.91. The van der Waals surface area contributed by atoms with Gasteiger partial charge in [0.1, 0.15) is 5.82 Å². The number of pyridine rings is 1. The smallest absolute Gasteiger partial charge is 0.324 e. The molecule has 2 heterocycles. The van der Waals surface area contributed by atoms with Gasteiger partial charge in [0.2, 0.25) is 0 Å². The second kappa shape index (κ2) is 5.54. The molecule has 2 amide bonds. The van der Waals surface area contributed by atoms with Crippen molar-refractivity contribution in [2.45, 2.75) is 6.16 Å². The SMILES string of the molecule is O=C1c2ccccc2C(=O)N1c1ccc(Cl)c(CP(=O)(O)O)n1. The summed E-state index contributed by atoms with van der Waals surface area (Å²) >= 11 is 5.88. The fraction of sp³-hybridized carbons (Fsp3) is 0.0714. The highest BCUT2D eigenvalue weighted by Gasteiger charge is 2.37. The van der Waals surface area contributed by atoms with Gasteiger partial charge in [0.05, 0.1) is 28.0 Å². The summed E-state index contributed by atoms with van der Waals surface area (Å²) in [6.07, 6.45) is -0.678. The Labute approximate surface area is 135 Å². The van der Waals surface area contributed by atoms with Crippen molar-refractivity contribution in [3.63, 3.8) is 0 Å². The third kappa shape index (κ3) is 2.92. The van der Waals surface area contributed by atoms with Gasteiger partial charge >= 0.3 is 7.60 Å². The van der Waals surface area contributed by atoms with Crippen LogP contribution < -0.4 is 4.90 Å². The lowest BCUT2D eigenvalue weighted by Crippen LogP contribution is -2.30. The summed E-state index contributed by atoms with van der Waals surface area (Å²) in [6, 6.07) is 9.04. The number of nitrogens with zero attached hydrogens (tertiary/aromatic N) is 2. The maximum absolute atomic E-state index is 12.4. The minimum Gasteiger partial charge on any atom is -0.324 e. The van der Waals surface area contributed by atoms with E-state index in [0.717, 1.165) is 4.90 Å². The molecule has 9 heteroatoms. The summed E-state index contributed by atoms with van der Waals surface area (Å²) in [5.74, 6) is -1.10. The molecular formula is C14H10ClN2O5P. The third-order valence-corrected chi connectivity index (χ3v) is 4.34. The summed E-state index contributed by atoms with van der Waals surface area (Å²) in [5.41, 5.74) is 0.436. The number of benzene rings is 1. The van der Waals surface area contributed by atoms with Gasteiger partial charge in [-0.05, 0) is 24.3 Å². The molecule has 1 aromatic heterocycles. The van der Waals surface area contributed by atoms with E-state index in [1.165, 1.54) is 24.3 Å². The standard InChI is InChI=1S/C14H10ClN2O5P/c15-10-5-6-12(16-11(10)7-23(20,21)22)17-13(18)8-3-1-2-4-9(8)14(17)19/h1-6H,7H2,(H2,20,21,22). The summed E-state index contributed by atoms with van der Waals surface area (Å²) in [4.78, 5) is 47.7. The predicted octanol–water partition coefficient (Wildman–Crippen LogP) is 2.21. The number of rotatable bonds is 3. The number of halogens is 1. The first-order valence-corrected chi connectivity index (χ1v) is 8.63. The first-order valence-electron chi connectivity index (χ1n) is 6.46. The number of hydrogen-bond donors (Lipinski definition) is 2. The number of imide groups is 1. The second-order valence-corrected chi connectivity index (χ2v) is 6.96. The van der Waals surface area contributed by atoms with Crippen LogP contribution in [0.25, 0.3) is 0 Å². The summed E-state index contributed by atoms with van der Waals surface area (Å²) < 4.78 is 11.1. The molecular weight excluding hydrogens is 343 g/mol. The number of amides is 2. The Hall–Kier alpha value is -2.05. The van der Waals surface area contributed by atoms with Crippen molar-refractivity contribution in [3.05, 3.63) is 58.2 Å². The fourth-order valence-corrected chi connectivity index (χ4v) is 3.20. The molecule has 1 aliphatic rings. The molecule has 0 spiro atoms. The van der Waals surface area contributed by atoms with Crippen LogP contribution in [0.4, 0.5) is 5.82 Å². The Morgan fingerprint density at radius 2 is 1.61 bits per heavy atom. The van der Waals surface area contributed by atoms with Crippen LogP contribution in [0.1, 0.15) is 26.4 Å². The fourth-order valence-electron chi connectivity index (χ4n) is 2.30. The van der Waals surface area contributed by atoms with Crippen LogP contribution in [0.3, 0.4) is 0 Å². The summed E-state index contributed by atoms with van der Waals surface area (Å²) in [5, 5.41) is 0.0497. The van der Waals surface area contributed by atoms with Crippen molar-refractivity contribution < 1.29 is 23.9 Å². The number of fused-ring (bicyclic) bond motifs is 1. The Bertz CT molecular complexity index is 844. The highest BCUT2D eigenvalue weighted by atomic mass is 35.5. The van der Waals surface area contributed by atoms with E-state index in [1.807, 2.05) is 0 Å². The Kier molecular flexibility index (Phi) is 3.82. The number of aromatic nitrogens is 1. The van der Waals surface area contributed by atoms with Gasteiger partial charge in [0, 0.05) is 0 Å². The molecule has 3 rings (SSSR count). The molecule has 0 fully saturated rings. The van der Waals surface area contributed by atoms with Gasteiger partial charge in [-0.25, -0.2) is 9.88 Å². The minimum absolute atomic E-state index is 0.0240. The van der Waals surface area contributed by atoms with Crippen LogP contribution in [0.2, 0.25) is 5.02 Å². The molecule has 7 nitrogen and oxygen atoms in total. The molecule has 0 saturated carbocycles. The summed E-state index contributed by atoms with van der Waals surface area (Å²) in [6.45, 7) is 0. The minimum atomic E-state index is -4.39. The lowest BCUT2D eigenvalue weighted by molar-refractivity contribution is 0.0925. The van der Waals surface area contributed by atoms with Crippen molar-refractivity contribution in [1.82, 2.24) is 4.98 Å². The molecule has 1 aliphatic heterocycles. The van der Waals surface area contributed by atoms with Crippen molar-refractivity contribution in [2.24, 2.45) is 0 Å². The third-order valence-electron chi connectivity index (χ3n) is 3.28. The van der Waals surface area contributed by atoms with E-state index >= 15 is 0 Å². The van der Waals surface area contributed by atoms with Crippen LogP contribution in [0, 0.1) is 0 Å². The van der Waals surface area contributed by atoms with E-state index in [9.17, 15) is 14.2 Å². The number of carbonyl (C=O) groups excluding carboxylic acids is 2. The molecule has 118 valence electrons. The zero-order valence-corrected chi connectivity index (χ0v) is 13.2. The Morgan fingerprint density at radius 3 is 2.13 bits per heavy atom. The van der Waals surface area contributed by atoms with Crippen molar-refractivity contribution in [1.29, 1.82) is 0 Å². The van der Waals surface area contributed by atoms with Gasteiger partial charge in [0.25, 0.3) is 11.8 Å². The molecule has 0 bridgehead atoms. The van der Waals surface area contributed by atoms with Gasteiger partial charge in [-0.15, -0.1) is 0 Å². The quantitative estimate of drug-likeness (QED) is 0.647. The largest absolute Gasteiger partial charge is 0.331 e. The normalized spacial score (nSPS) is 14.3. The van der Waals surface area contributed by atoms with E-state index in [1.54, 1.807) is 12.1 Å². The average Bonchev–Trinajstić information content (AvgIpc) is 2.73. The van der Waals surface area contributed by atoms with Crippen LogP contribution >= 0.6 is 19.2 Å². The molecule has 23 heavy (non-hydrogen) atoms. The lowest BCUT2D eigenvalue weighted by Gasteiger charge is -2.15. The van der Waals surface area contributed by atoms with Gasteiger partial charge < -0.3 is 9.79 Å². The molecule has 2 N–H and O–H groups in total. The number of hydrogen-bond acceptors (Lipinski definition) is 4. The maximum Gasteiger partial charge on any atom is 0.331 e. The van der Waals surface area contributed by atoms with Gasteiger partial charge in [-0.2, -0.15) is 0 Å². The van der Waals surface area contributed by atoms with E-state index in [4.69, 9.17) is 21.4 Å². The van der Waals surface area contributed by atoms with Crippen LogP contribution in [0.5, 0.6) is 0 Å². The van der Waals surface area contributed by atoms with Crippen molar-refractivity contribution in [2.75, 3.05) is 4.90 Å². The highest BCUT2D eigenvalue weighted by Crippen LogP contribution is 2.41. The van der Waals surface area contributed by atoms with Gasteiger partial charge in [-0.3, -0.25) is 14.2 Å². The highest BCUT2D eigenvalue weighted by molar-refractivity contribution is 7.50. The van der Waals surface area contributed by atoms with Crippen molar-refractivity contribution >= 4 is 36.8 Å². The van der Waals surface area contributed by atoms with Gasteiger partial charge in [0.15, 0.2) is 0 Å². The zero-order chi connectivity index (χ0) is 16.8. The van der Waals surface area contributed by atoms with Crippen LogP contribution in [0.15, 0.2) is 36.4 Å². The zero-order valence-electron chi connectivity index (χ0n) is 11.5. The monoisotopic (exact) mass is 352 g/mol. The van der Waals surface area contributed by atoms with Crippen LogP contribution in [-0.4, -0.2) is 26.6 Å². The lowest BCUT2D eigenvalue weighted by atomic mass is 10.1. The Balaban J connectivity index is 2.04. The van der Waals surface area contributed by atoms with E-state index in [0.29, 0.717) is 0 Å².